The van der Waals surface area contributed by atoms with E-state index in [4.69, 9.17) is 9.26 Å². The molecule has 1 unspecified atom stereocenters. The molecule has 0 aliphatic carbocycles. The second-order valence-electron chi connectivity index (χ2n) is 7.45. The Bertz CT molecular complexity index is 717. The van der Waals surface area contributed by atoms with Gasteiger partial charge in [-0.15, -0.1) is 0 Å². The van der Waals surface area contributed by atoms with E-state index in [0.29, 0.717) is 37.5 Å². The number of aromatic nitrogens is 2. The number of hydrogen-bond acceptors (Lipinski definition) is 6. The lowest BCUT2D eigenvalue weighted by molar-refractivity contribution is -0.110. The van der Waals surface area contributed by atoms with Crippen molar-refractivity contribution in [3.8, 4) is 0 Å². The second kappa shape index (κ2) is 12.5. The normalized spacial score (nSPS) is 13.2. The van der Waals surface area contributed by atoms with Crippen molar-refractivity contribution in [3.63, 3.8) is 0 Å². The van der Waals surface area contributed by atoms with Gasteiger partial charge in [-0.3, -0.25) is 4.79 Å². The fourth-order valence-corrected chi connectivity index (χ4v) is 2.45. The Balaban J connectivity index is 2.51. The average Bonchev–Trinajstić information content (AvgIpc) is 3.10. The molecule has 0 fully saturated rings. The number of amides is 2. The Morgan fingerprint density at radius 1 is 1.34 bits per heavy atom. The van der Waals surface area contributed by atoms with Crippen LogP contribution in [0, 0.1) is 0 Å². The van der Waals surface area contributed by atoms with Gasteiger partial charge in [0.15, 0.2) is 5.82 Å². The third kappa shape index (κ3) is 10.3. The predicted octanol–water partition coefficient (Wildman–Crippen LogP) is 3.78. The molecular formula is C21H32N4O4. The van der Waals surface area contributed by atoms with E-state index in [0.717, 1.165) is 18.4 Å². The highest BCUT2D eigenvalue weighted by atomic mass is 16.6. The van der Waals surface area contributed by atoms with Crippen LogP contribution >= 0.6 is 0 Å². The molecule has 0 saturated heterocycles. The zero-order valence-corrected chi connectivity index (χ0v) is 17.7. The SMILES string of the molecule is C=C/C=C\C(=C/C)Cc1noc(C(CCCCNC(=O)OC(C)(C)C)NC=O)n1. The lowest BCUT2D eigenvalue weighted by Gasteiger charge is -2.19. The quantitative estimate of drug-likeness (QED) is 0.312. The second-order valence-corrected chi connectivity index (χ2v) is 7.45. The maximum absolute atomic E-state index is 11.6. The van der Waals surface area contributed by atoms with Crippen LogP contribution in [0.25, 0.3) is 0 Å². The number of carbonyl (C=O) groups is 2. The van der Waals surface area contributed by atoms with Gasteiger partial charge in [0.2, 0.25) is 12.3 Å². The minimum Gasteiger partial charge on any atom is -0.444 e. The molecule has 0 radical (unpaired) electrons. The molecule has 1 heterocycles. The molecule has 2 N–H and O–H groups in total. The molecule has 0 spiro atoms. The molecule has 1 aromatic rings. The fourth-order valence-electron chi connectivity index (χ4n) is 2.45. The van der Waals surface area contributed by atoms with Crippen LogP contribution in [0.1, 0.15) is 64.7 Å². The van der Waals surface area contributed by atoms with Gasteiger partial charge < -0.3 is 19.9 Å². The maximum Gasteiger partial charge on any atom is 0.407 e. The minimum absolute atomic E-state index is 0.368. The first kappa shape index (κ1) is 24.1. The molecule has 1 aromatic heterocycles. The first-order valence-corrected chi connectivity index (χ1v) is 9.72. The number of allylic oxidation sites excluding steroid dienone is 5. The molecule has 1 rings (SSSR count). The van der Waals surface area contributed by atoms with Gasteiger partial charge in [0, 0.05) is 13.0 Å². The summed E-state index contributed by atoms with van der Waals surface area (Å²) in [6.07, 6.45) is 10.3. The van der Waals surface area contributed by atoms with Crippen molar-refractivity contribution < 1.29 is 18.8 Å². The Kier molecular flexibility index (Phi) is 10.4. The predicted molar refractivity (Wildman–Crippen MR) is 111 cm³/mol. The molecular weight excluding hydrogens is 372 g/mol. The fraction of sp³-hybridized carbons (Fsp3) is 0.524. The van der Waals surface area contributed by atoms with Crippen LogP contribution in [0.2, 0.25) is 0 Å². The summed E-state index contributed by atoms with van der Waals surface area (Å²) in [6.45, 7) is 11.5. The Morgan fingerprint density at radius 3 is 2.72 bits per heavy atom. The van der Waals surface area contributed by atoms with Crippen LogP contribution in [0.5, 0.6) is 0 Å². The van der Waals surface area contributed by atoms with Crippen LogP contribution in [-0.4, -0.2) is 34.8 Å². The third-order valence-corrected chi connectivity index (χ3v) is 3.82. The topological polar surface area (TPSA) is 106 Å². The summed E-state index contributed by atoms with van der Waals surface area (Å²) in [6, 6.07) is -0.368. The molecule has 0 aromatic carbocycles. The van der Waals surface area contributed by atoms with Crippen molar-refractivity contribution in [1.82, 2.24) is 20.8 Å². The van der Waals surface area contributed by atoms with E-state index < -0.39 is 11.7 Å². The molecule has 2 amide bonds. The summed E-state index contributed by atoms with van der Waals surface area (Å²) in [5.74, 6) is 0.918. The Morgan fingerprint density at radius 2 is 2.10 bits per heavy atom. The minimum atomic E-state index is -0.521. The number of carbonyl (C=O) groups excluding carboxylic acids is 2. The van der Waals surface area contributed by atoms with Gasteiger partial charge in [-0.2, -0.15) is 4.98 Å². The van der Waals surface area contributed by atoms with E-state index >= 15 is 0 Å². The van der Waals surface area contributed by atoms with E-state index in [-0.39, 0.29) is 6.04 Å². The average molecular weight is 405 g/mol. The van der Waals surface area contributed by atoms with Gasteiger partial charge in [-0.25, -0.2) is 4.79 Å². The van der Waals surface area contributed by atoms with E-state index in [1.807, 2.05) is 45.9 Å². The molecule has 0 aliphatic rings. The van der Waals surface area contributed by atoms with Gasteiger partial charge >= 0.3 is 6.09 Å². The summed E-state index contributed by atoms with van der Waals surface area (Å²) >= 11 is 0. The van der Waals surface area contributed by atoms with Gasteiger partial charge in [-0.05, 0) is 52.5 Å². The summed E-state index contributed by atoms with van der Waals surface area (Å²) in [5, 5.41) is 9.43. The summed E-state index contributed by atoms with van der Waals surface area (Å²) in [4.78, 5) is 27.0. The number of unbranched alkanes of at least 4 members (excludes halogenated alkanes) is 1. The van der Waals surface area contributed by atoms with E-state index in [2.05, 4.69) is 27.4 Å². The zero-order valence-electron chi connectivity index (χ0n) is 17.7. The van der Waals surface area contributed by atoms with Gasteiger partial charge in [-0.1, -0.05) is 36.0 Å². The molecule has 0 bridgehead atoms. The summed E-state index contributed by atoms with van der Waals surface area (Å²) in [7, 11) is 0. The molecule has 160 valence electrons. The number of rotatable bonds is 12. The molecule has 8 nitrogen and oxygen atoms in total. The Labute approximate surface area is 172 Å². The molecule has 8 heteroatoms. The number of nitrogens with one attached hydrogen (secondary N) is 2. The maximum atomic E-state index is 11.6. The Hall–Kier alpha value is -2.90. The van der Waals surface area contributed by atoms with E-state index in [1.54, 1.807) is 6.08 Å². The molecule has 0 saturated carbocycles. The van der Waals surface area contributed by atoms with Crippen molar-refractivity contribution in [2.75, 3.05) is 6.54 Å². The number of nitrogens with zero attached hydrogens (tertiary/aromatic N) is 2. The summed E-state index contributed by atoms with van der Waals surface area (Å²) in [5.41, 5.74) is 0.512. The molecule has 29 heavy (non-hydrogen) atoms. The number of alkyl carbamates (subject to hydrolysis) is 1. The van der Waals surface area contributed by atoms with E-state index in [9.17, 15) is 9.59 Å². The monoisotopic (exact) mass is 404 g/mol. The van der Waals surface area contributed by atoms with Crippen molar-refractivity contribution in [3.05, 3.63) is 48.2 Å². The first-order valence-electron chi connectivity index (χ1n) is 9.72. The standard InChI is InChI=1S/C21H32N4O4/c1-6-8-11-16(7-2)14-18-24-19(29-25-18)17(23-15-26)12-9-10-13-22-20(27)28-21(3,4)5/h6-8,11,15,17H,1,9-10,12-14H2,2-5H3,(H,22,27)(H,23,26)/b11-8-,16-7+. The van der Waals surface area contributed by atoms with Crippen LogP contribution < -0.4 is 10.6 Å². The van der Waals surface area contributed by atoms with Crippen LogP contribution in [-0.2, 0) is 16.0 Å². The number of hydrogen-bond donors (Lipinski definition) is 2. The number of ether oxygens (including phenoxy) is 1. The van der Waals surface area contributed by atoms with Crippen molar-refractivity contribution in [2.45, 2.75) is 65.0 Å². The lowest BCUT2D eigenvalue weighted by Crippen LogP contribution is -2.33. The summed E-state index contributed by atoms with van der Waals surface area (Å²) < 4.78 is 10.5. The smallest absolute Gasteiger partial charge is 0.407 e. The lowest BCUT2D eigenvalue weighted by atomic mass is 10.1. The van der Waals surface area contributed by atoms with Gasteiger partial charge in [0.1, 0.15) is 11.6 Å². The van der Waals surface area contributed by atoms with Crippen molar-refractivity contribution in [2.24, 2.45) is 0 Å². The van der Waals surface area contributed by atoms with Crippen LogP contribution in [0.3, 0.4) is 0 Å². The van der Waals surface area contributed by atoms with E-state index in [1.165, 1.54) is 0 Å². The van der Waals surface area contributed by atoms with Crippen LogP contribution in [0.4, 0.5) is 4.79 Å². The van der Waals surface area contributed by atoms with Crippen LogP contribution in [0.15, 0.2) is 41.0 Å². The van der Waals surface area contributed by atoms with Gasteiger partial charge in [0.05, 0.1) is 0 Å². The molecule has 1 atom stereocenters. The highest BCUT2D eigenvalue weighted by molar-refractivity contribution is 5.67. The highest BCUT2D eigenvalue weighted by Gasteiger charge is 2.19. The van der Waals surface area contributed by atoms with Crippen molar-refractivity contribution >= 4 is 12.5 Å². The third-order valence-electron chi connectivity index (χ3n) is 3.82. The van der Waals surface area contributed by atoms with Crippen molar-refractivity contribution in [1.29, 1.82) is 0 Å². The largest absolute Gasteiger partial charge is 0.444 e. The first-order chi connectivity index (χ1) is 13.8. The zero-order chi connectivity index (χ0) is 21.7. The van der Waals surface area contributed by atoms with Gasteiger partial charge in [0.25, 0.3) is 0 Å². The highest BCUT2D eigenvalue weighted by Crippen LogP contribution is 2.18. The molecule has 0 aliphatic heterocycles.